The largest absolute Gasteiger partial charge is 0.468 e. The molecule has 0 radical (unpaired) electrons. The third-order valence-corrected chi connectivity index (χ3v) is 4.76. The molecule has 16 heavy (non-hydrogen) atoms. The molecule has 0 aromatic carbocycles. The zero-order valence-corrected chi connectivity index (χ0v) is 10.5. The Balaban J connectivity index is 1.61. The maximum Gasteiger partial charge on any atom is 0.256 e. The van der Waals surface area contributed by atoms with Crippen LogP contribution in [0.25, 0.3) is 0 Å². The number of ether oxygens (including phenoxy) is 2. The second kappa shape index (κ2) is 4.85. The van der Waals surface area contributed by atoms with Gasteiger partial charge in [-0.2, -0.15) is 0 Å². The second-order valence-electron chi connectivity index (χ2n) is 4.20. The molecule has 0 aliphatic carbocycles. The summed E-state index contributed by atoms with van der Waals surface area (Å²) in [6, 6.07) is 0. The summed E-state index contributed by atoms with van der Waals surface area (Å²) in [6.45, 7) is 1.79. The molecular weight excluding hydrogens is 250 g/mol. The molecule has 0 spiro atoms. The smallest absolute Gasteiger partial charge is 0.256 e. The zero-order chi connectivity index (χ0) is 11.6. The van der Waals surface area contributed by atoms with Gasteiger partial charge in [0.2, 0.25) is 0 Å². The fraction of sp³-hybridized carbons (Fsp3) is 0.889. The van der Waals surface area contributed by atoms with Crippen LogP contribution >= 0.6 is 12.2 Å². The van der Waals surface area contributed by atoms with Crippen LogP contribution in [0.4, 0.5) is 0 Å². The van der Waals surface area contributed by atoms with Crippen LogP contribution in [0.1, 0.15) is 6.42 Å². The van der Waals surface area contributed by atoms with Gasteiger partial charge in [-0.1, -0.05) is 0 Å². The Morgan fingerprint density at radius 2 is 2.31 bits per heavy atom. The number of nitrogens with one attached hydrogen (secondary N) is 1. The van der Waals surface area contributed by atoms with Gasteiger partial charge in [-0.25, -0.2) is 8.42 Å². The lowest BCUT2D eigenvalue weighted by Crippen LogP contribution is -2.31. The minimum atomic E-state index is -2.80. The van der Waals surface area contributed by atoms with Crippen LogP contribution in [-0.4, -0.2) is 51.0 Å². The minimum Gasteiger partial charge on any atom is -0.468 e. The normalized spacial score (nSPS) is 31.0. The lowest BCUT2D eigenvalue weighted by molar-refractivity contribution is 0.248. The van der Waals surface area contributed by atoms with Gasteiger partial charge in [-0.05, 0) is 24.6 Å². The van der Waals surface area contributed by atoms with Crippen molar-refractivity contribution in [3.8, 4) is 0 Å². The van der Waals surface area contributed by atoms with Crippen LogP contribution < -0.4 is 5.32 Å². The third-order valence-electron chi connectivity index (χ3n) is 2.66. The van der Waals surface area contributed by atoms with Crippen LogP contribution in [0, 0.1) is 5.92 Å². The summed E-state index contributed by atoms with van der Waals surface area (Å²) in [7, 11) is -2.80. The molecule has 0 bridgehead atoms. The van der Waals surface area contributed by atoms with E-state index in [0.717, 1.165) is 6.61 Å². The molecule has 0 saturated carbocycles. The van der Waals surface area contributed by atoms with Crippen LogP contribution in [0.15, 0.2) is 0 Å². The Morgan fingerprint density at radius 3 is 2.88 bits per heavy atom. The molecule has 2 aliphatic heterocycles. The summed E-state index contributed by atoms with van der Waals surface area (Å²) in [6.07, 6.45) is 0.899. The van der Waals surface area contributed by atoms with E-state index in [-0.39, 0.29) is 17.8 Å². The molecule has 2 saturated heterocycles. The maximum absolute atomic E-state index is 11.2. The van der Waals surface area contributed by atoms with E-state index in [4.69, 9.17) is 21.7 Å². The summed E-state index contributed by atoms with van der Waals surface area (Å²) in [5.74, 6) is 0.709. The lowest BCUT2D eigenvalue weighted by atomic mass is 10.1. The van der Waals surface area contributed by atoms with E-state index >= 15 is 0 Å². The molecule has 2 rings (SSSR count). The van der Waals surface area contributed by atoms with Crippen molar-refractivity contribution in [1.82, 2.24) is 5.32 Å². The highest BCUT2D eigenvalue weighted by Gasteiger charge is 2.28. The van der Waals surface area contributed by atoms with Crippen molar-refractivity contribution in [3.05, 3.63) is 0 Å². The van der Waals surface area contributed by atoms with Crippen LogP contribution in [0.2, 0.25) is 0 Å². The molecule has 2 aliphatic rings. The quantitative estimate of drug-likeness (QED) is 0.556. The Kier molecular flexibility index (Phi) is 3.66. The lowest BCUT2D eigenvalue weighted by Gasteiger charge is -2.11. The summed E-state index contributed by atoms with van der Waals surface area (Å²) in [5, 5.41) is 3.27. The summed E-state index contributed by atoms with van der Waals surface area (Å²) in [5.41, 5.74) is 0. The monoisotopic (exact) mass is 265 g/mol. The van der Waals surface area contributed by atoms with E-state index < -0.39 is 9.84 Å². The molecule has 2 atom stereocenters. The molecule has 0 unspecified atom stereocenters. The average molecular weight is 265 g/mol. The molecular formula is C9H15NO4S2. The predicted octanol–water partition coefficient (Wildman–Crippen LogP) is -0.289. The number of hydrogen-bond donors (Lipinski definition) is 1. The van der Waals surface area contributed by atoms with Crippen LogP contribution in [-0.2, 0) is 19.3 Å². The van der Waals surface area contributed by atoms with Gasteiger partial charge in [-0.3, -0.25) is 0 Å². The Hall–Kier alpha value is -0.400. The highest BCUT2D eigenvalue weighted by molar-refractivity contribution is 7.91. The van der Waals surface area contributed by atoms with E-state index in [1.54, 1.807) is 0 Å². The van der Waals surface area contributed by atoms with Gasteiger partial charge in [0, 0.05) is 6.54 Å². The SMILES string of the molecule is O=S1(=O)CC[C@H](CNC(=S)OC[C@@H]2CO2)C1. The summed E-state index contributed by atoms with van der Waals surface area (Å²) < 4.78 is 32.6. The van der Waals surface area contributed by atoms with Gasteiger partial charge in [0.1, 0.15) is 12.7 Å². The first-order valence-electron chi connectivity index (χ1n) is 5.28. The highest BCUT2D eigenvalue weighted by atomic mass is 32.2. The molecule has 0 amide bonds. The van der Waals surface area contributed by atoms with Crippen LogP contribution in [0.5, 0.6) is 0 Å². The van der Waals surface area contributed by atoms with E-state index in [1.165, 1.54) is 0 Å². The third kappa shape index (κ3) is 3.88. The van der Waals surface area contributed by atoms with Crippen molar-refractivity contribution in [3.63, 3.8) is 0 Å². The van der Waals surface area contributed by atoms with Crippen LogP contribution in [0.3, 0.4) is 0 Å². The molecule has 2 heterocycles. The van der Waals surface area contributed by atoms with E-state index in [2.05, 4.69) is 5.32 Å². The van der Waals surface area contributed by atoms with Gasteiger partial charge in [-0.15, -0.1) is 0 Å². The second-order valence-corrected chi connectivity index (χ2v) is 6.80. The minimum absolute atomic E-state index is 0.156. The van der Waals surface area contributed by atoms with Crippen molar-refractivity contribution < 1.29 is 17.9 Å². The molecule has 0 aromatic heterocycles. The number of epoxide rings is 1. The zero-order valence-electron chi connectivity index (χ0n) is 8.85. The van der Waals surface area contributed by atoms with E-state index in [0.29, 0.717) is 30.5 Å². The van der Waals surface area contributed by atoms with Gasteiger partial charge in [0.15, 0.2) is 9.84 Å². The summed E-state index contributed by atoms with van der Waals surface area (Å²) in [4.78, 5) is 0. The van der Waals surface area contributed by atoms with Crippen molar-refractivity contribution in [2.75, 3.05) is 31.3 Å². The number of hydrogen-bond acceptors (Lipinski definition) is 5. The van der Waals surface area contributed by atoms with Gasteiger partial charge < -0.3 is 14.8 Å². The van der Waals surface area contributed by atoms with Gasteiger partial charge in [0.25, 0.3) is 5.17 Å². The highest BCUT2D eigenvalue weighted by Crippen LogP contribution is 2.17. The fourth-order valence-corrected chi connectivity index (χ4v) is 3.66. The van der Waals surface area contributed by atoms with E-state index in [9.17, 15) is 8.42 Å². The number of rotatable bonds is 4. The van der Waals surface area contributed by atoms with Crippen molar-refractivity contribution in [2.24, 2.45) is 5.92 Å². The molecule has 5 nitrogen and oxygen atoms in total. The first kappa shape index (κ1) is 12.1. The first-order chi connectivity index (χ1) is 7.55. The fourth-order valence-electron chi connectivity index (χ4n) is 1.64. The topological polar surface area (TPSA) is 67.9 Å². The number of thiocarbonyl (C=S) groups is 1. The summed E-state index contributed by atoms with van der Waals surface area (Å²) >= 11 is 4.95. The molecule has 7 heteroatoms. The standard InChI is InChI=1S/C9H15NO4S2/c11-16(12)2-1-7(6-16)3-10-9(15)14-5-8-4-13-8/h7-8H,1-6H2,(H,10,15)/t7-,8+/m1/s1. The predicted molar refractivity (Wildman–Crippen MR) is 63.1 cm³/mol. The Morgan fingerprint density at radius 1 is 1.56 bits per heavy atom. The van der Waals surface area contributed by atoms with Gasteiger partial charge >= 0.3 is 0 Å². The molecule has 92 valence electrons. The van der Waals surface area contributed by atoms with Crippen molar-refractivity contribution >= 4 is 27.2 Å². The van der Waals surface area contributed by atoms with Crippen molar-refractivity contribution in [2.45, 2.75) is 12.5 Å². The average Bonchev–Trinajstić information content (AvgIpc) is 2.97. The number of sulfone groups is 1. The van der Waals surface area contributed by atoms with Gasteiger partial charge in [0.05, 0.1) is 18.1 Å². The molecule has 0 aromatic rings. The maximum atomic E-state index is 11.2. The Labute approximate surface area is 100 Å². The van der Waals surface area contributed by atoms with E-state index in [1.807, 2.05) is 0 Å². The molecule has 2 fully saturated rings. The Bertz CT molecular complexity index is 364. The first-order valence-corrected chi connectivity index (χ1v) is 7.51. The van der Waals surface area contributed by atoms with Crippen molar-refractivity contribution in [1.29, 1.82) is 0 Å². The molecule has 1 N–H and O–H groups in total.